The number of H-pyrrole nitrogens is 1. The van der Waals surface area contributed by atoms with E-state index >= 15 is 0 Å². The van der Waals surface area contributed by atoms with Crippen LogP contribution in [0.1, 0.15) is 17.2 Å². The Balaban J connectivity index is 1.85. The Bertz CT molecular complexity index is 640. The van der Waals surface area contributed by atoms with Crippen LogP contribution in [0.2, 0.25) is 0 Å². The molecule has 98 valence electrons. The highest BCUT2D eigenvalue weighted by molar-refractivity contribution is 7.99. The molecule has 0 spiro atoms. The minimum absolute atomic E-state index is 0.103. The number of aromatic amines is 1. The lowest BCUT2D eigenvalue weighted by atomic mass is 10.1. The number of thioether (sulfide) groups is 1. The molecule has 0 saturated heterocycles. The van der Waals surface area contributed by atoms with E-state index in [1.54, 1.807) is 18.0 Å². The van der Waals surface area contributed by atoms with Gasteiger partial charge in [0, 0.05) is 23.6 Å². The Kier molecular flexibility index (Phi) is 3.40. The van der Waals surface area contributed by atoms with Gasteiger partial charge < -0.3 is 10.3 Å². The van der Waals surface area contributed by atoms with Gasteiger partial charge in [-0.25, -0.2) is 4.98 Å². The van der Waals surface area contributed by atoms with Crippen LogP contribution in [0.15, 0.2) is 46.5 Å². The van der Waals surface area contributed by atoms with Crippen molar-refractivity contribution in [2.45, 2.75) is 22.9 Å². The lowest BCUT2D eigenvalue weighted by molar-refractivity contribution is 0.602. The fourth-order valence-corrected chi connectivity index (χ4v) is 3.81. The molecule has 0 amide bonds. The summed E-state index contributed by atoms with van der Waals surface area (Å²) < 4.78 is 0. The first-order valence-electron chi connectivity index (χ1n) is 6.25. The molecule has 0 bridgehead atoms. The molecule has 1 aromatic carbocycles. The number of nitrogens with one attached hydrogen (secondary N) is 2. The smallest absolute Gasteiger partial charge is 0.251 e. The Morgan fingerprint density at radius 2 is 2.21 bits per heavy atom. The van der Waals surface area contributed by atoms with Crippen molar-refractivity contribution in [1.82, 2.24) is 15.3 Å². The molecule has 0 fully saturated rings. The van der Waals surface area contributed by atoms with Crippen LogP contribution in [0.5, 0.6) is 0 Å². The van der Waals surface area contributed by atoms with E-state index in [0.29, 0.717) is 16.4 Å². The monoisotopic (exact) mass is 273 g/mol. The molecule has 1 heterocycles. The summed E-state index contributed by atoms with van der Waals surface area (Å²) in [6.07, 6.45) is 2.54. The fourth-order valence-electron chi connectivity index (χ4n) is 2.56. The second kappa shape index (κ2) is 5.19. The number of rotatable bonds is 3. The Hall–Kier alpha value is -1.59. The Morgan fingerprint density at radius 3 is 3.00 bits per heavy atom. The van der Waals surface area contributed by atoms with E-state index in [1.165, 1.54) is 17.2 Å². The summed E-state index contributed by atoms with van der Waals surface area (Å²) in [6.45, 7) is 0. The second-order valence-corrected chi connectivity index (χ2v) is 5.79. The highest BCUT2D eigenvalue weighted by atomic mass is 32.2. The standard InChI is InChI=1S/C14H15N3OS/c1-15-13-10-5-3-2-4-9(10)8-11(13)19-14-16-7-6-12(18)17-14/h2-7,11,13,15H,8H2,1H3,(H,16,17,18). The molecule has 2 aromatic rings. The van der Waals surface area contributed by atoms with E-state index in [-0.39, 0.29) is 5.56 Å². The van der Waals surface area contributed by atoms with Gasteiger partial charge in [-0.1, -0.05) is 36.0 Å². The topological polar surface area (TPSA) is 57.8 Å². The van der Waals surface area contributed by atoms with Crippen molar-refractivity contribution in [3.05, 3.63) is 58.0 Å². The molecule has 2 unspecified atom stereocenters. The van der Waals surface area contributed by atoms with Crippen LogP contribution in [-0.4, -0.2) is 22.3 Å². The highest BCUT2D eigenvalue weighted by Crippen LogP contribution is 2.39. The molecular formula is C14H15N3OS. The van der Waals surface area contributed by atoms with Crippen molar-refractivity contribution in [1.29, 1.82) is 0 Å². The maximum Gasteiger partial charge on any atom is 0.251 e. The maximum atomic E-state index is 11.3. The number of hydrogen-bond acceptors (Lipinski definition) is 4. The van der Waals surface area contributed by atoms with Gasteiger partial charge in [0.05, 0.1) is 0 Å². The summed E-state index contributed by atoms with van der Waals surface area (Å²) in [5.41, 5.74) is 2.62. The molecule has 2 atom stereocenters. The first kappa shape index (κ1) is 12.4. The molecule has 2 N–H and O–H groups in total. The maximum absolute atomic E-state index is 11.3. The molecule has 4 nitrogen and oxygen atoms in total. The zero-order valence-electron chi connectivity index (χ0n) is 10.6. The normalized spacial score (nSPS) is 21.3. The third-order valence-corrected chi connectivity index (χ3v) is 4.58. The summed E-state index contributed by atoms with van der Waals surface area (Å²) in [6, 6.07) is 10.2. The average Bonchev–Trinajstić information content (AvgIpc) is 2.75. The van der Waals surface area contributed by atoms with Crippen molar-refractivity contribution >= 4 is 11.8 Å². The summed E-state index contributed by atoms with van der Waals surface area (Å²) in [5.74, 6) is 0. The average molecular weight is 273 g/mol. The first-order valence-corrected chi connectivity index (χ1v) is 7.13. The van der Waals surface area contributed by atoms with E-state index in [4.69, 9.17) is 0 Å². The minimum Gasteiger partial charge on any atom is -0.312 e. The van der Waals surface area contributed by atoms with Crippen LogP contribution in [0.3, 0.4) is 0 Å². The van der Waals surface area contributed by atoms with Crippen LogP contribution in [-0.2, 0) is 6.42 Å². The predicted octanol–water partition coefficient (Wildman–Crippen LogP) is 1.75. The van der Waals surface area contributed by atoms with Gasteiger partial charge in [-0.05, 0) is 24.6 Å². The summed E-state index contributed by atoms with van der Waals surface area (Å²) in [4.78, 5) is 18.3. The molecule has 0 aliphatic heterocycles. The lowest BCUT2D eigenvalue weighted by Gasteiger charge is -2.18. The number of hydrogen-bond donors (Lipinski definition) is 2. The first-order chi connectivity index (χ1) is 9.28. The molecule has 3 rings (SSSR count). The van der Waals surface area contributed by atoms with E-state index in [9.17, 15) is 4.79 Å². The quantitative estimate of drug-likeness (QED) is 0.837. The van der Waals surface area contributed by atoms with E-state index in [1.807, 2.05) is 7.05 Å². The Morgan fingerprint density at radius 1 is 1.37 bits per heavy atom. The molecule has 19 heavy (non-hydrogen) atoms. The van der Waals surface area contributed by atoms with Crippen LogP contribution in [0, 0.1) is 0 Å². The fraction of sp³-hybridized carbons (Fsp3) is 0.286. The van der Waals surface area contributed by atoms with Crippen molar-refractivity contribution in [2.75, 3.05) is 7.05 Å². The molecule has 0 radical (unpaired) electrons. The zero-order chi connectivity index (χ0) is 13.2. The van der Waals surface area contributed by atoms with Gasteiger partial charge >= 0.3 is 0 Å². The number of nitrogens with zero attached hydrogens (tertiary/aromatic N) is 1. The summed E-state index contributed by atoms with van der Waals surface area (Å²) in [5, 5.41) is 4.40. The van der Waals surface area contributed by atoms with E-state index in [0.717, 1.165) is 6.42 Å². The van der Waals surface area contributed by atoms with Gasteiger partial charge in [0.2, 0.25) is 0 Å². The third-order valence-electron chi connectivity index (χ3n) is 3.40. The largest absolute Gasteiger partial charge is 0.312 e. The molecule has 1 aliphatic carbocycles. The molecular weight excluding hydrogens is 258 g/mol. The van der Waals surface area contributed by atoms with Crippen LogP contribution in [0.25, 0.3) is 0 Å². The molecule has 0 saturated carbocycles. The van der Waals surface area contributed by atoms with Gasteiger partial charge in [-0.2, -0.15) is 0 Å². The van der Waals surface area contributed by atoms with Gasteiger partial charge in [-0.15, -0.1) is 0 Å². The van der Waals surface area contributed by atoms with Crippen LogP contribution in [0.4, 0.5) is 0 Å². The predicted molar refractivity (Wildman–Crippen MR) is 76.4 cm³/mol. The van der Waals surface area contributed by atoms with Crippen molar-refractivity contribution in [2.24, 2.45) is 0 Å². The van der Waals surface area contributed by atoms with Crippen molar-refractivity contribution in [3.63, 3.8) is 0 Å². The number of benzene rings is 1. The SMILES string of the molecule is CNC1c2ccccc2CC1Sc1nccc(=O)[nH]1. The van der Waals surface area contributed by atoms with E-state index < -0.39 is 0 Å². The zero-order valence-corrected chi connectivity index (χ0v) is 11.4. The molecule has 5 heteroatoms. The van der Waals surface area contributed by atoms with Gasteiger partial charge in [-0.3, -0.25) is 4.79 Å². The Labute approximate surface area is 115 Å². The second-order valence-electron chi connectivity index (χ2n) is 4.56. The molecule has 1 aromatic heterocycles. The van der Waals surface area contributed by atoms with Gasteiger partial charge in [0.25, 0.3) is 5.56 Å². The number of aromatic nitrogens is 2. The van der Waals surface area contributed by atoms with Crippen molar-refractivity contribution < 1.29 is 0 Å². The van der Waals surface area contributed by atoms with Gasteiger partial charge in [0.1, 0.15) is 0 Å². The lowest BCUT2D eigenvalue weighted by Crippen LogP contribution is -2.24. The summed E-state index contributed by atoms with van der Waals surface area (Å²) >= 11 is 1.63. The van der Waals surface area contributed by atoms with Gasteiger partial charge in [0.15, 0.2) is 5.16 Å². The van der Waals surface area contributed by atoms with Crippen molar-refractivity contribution in [3.8, 4) is 0 Å². The third kappa shape index (κ3) is 2.43. The highest BCUT2D eigenvalue weighted by Gasteiger charge is 2.32. The minimum atomic E-state index is -0.103. The number of fused-ring (bicyclic) bond motifs is 1. The van der Waals surface area contributed by atoms with Crippen LogP contribution < -0.4 is 10.9 Å². The van der Waals surface area contributed by atoms with E-state index in [2.05, 4.69) is 39.6 Å². The summed E-state index contributed by atoms with van der Waals surface area (Å²) in [7, 11) is 1.97. The van der Waals surface area contributed by atoms with Crippen LogP contribution >= 0.6 is 11.8 Å². The molecule has 1 aliphatic rings.